The van der Waals surface area contributed by atoms with E-state index in [9.17, 15) is 13.6 Å². The Morgan fingerprint density at radius 3 is 2.79 bits per heavy atom. The molecule has 6 nitrogen and oxygen atoms in total. The summed E-state index contributed by atoms with van der Waals surface area (Å²) in [6.07, 6.45) is 1.60. The predicted octanol–water partition coefficient (Wildman–Crippen LogP) is 2.97. The van der Waals surface area contributed by atoms with Crippen LogP contribution in [0.15, 0.2) is 24.5 Å². The van der Waals surface area contributed by atoms with Crippen LogP contribution in [0.3, 0.4) is 0 Å². The highest BCUT2D eigenvalue weighted by atomic mass is 19.3. The second kappa shape index (κ2) is 8.76. The highest BCUT2D eigenvalue weighted by Gasteiger charge is 2.19. The van der Waals surface area contributed by atoms with Gasteiger partial charge in [0.15, 0.2) is 0 Å². The standard InChI is InChI=1S/C20H19F2N3O3/c1-27-18-10-25-17(19(21)22)8-15(18)14-7-13(24-9-16(14)20(23)26)5-4-12-3-2-6-28-11-12/h7-10,12,19H,2-3,6,11H2,1H3,(H2,23,26). The predicted molar refractivity (Wildman–Crippen MR) is 97.9 cm³/mol. The van der Waals surface area contributed by atoms with Crippen molar-refractivity contribution in [1.82, 2.24) is 9.97 Å². The van der Waals surface area contributed by atoms with E-state index in [0.717, 1.165) is 19.4 Å². The van der Waals surface area contributed by atoms with Crippen molar-refractivity contribution in [2.75, 3.05) is 20.3 Å². The van der Waals surface area contributed by atoms with E-state index >= 15 is 0 Å². The first kappa shape index (κ1) is 19.7. The van der Waals surface area contributed by atoms with Gasteiger partial charge in [0, 0.05) is 29.8 Å². The fourth-order valence-electron chi connectivity index (χ4n) is 2.92. The van der Waals surface area contributed by atoms with Crippen LogP contribution >= 0.6 is 0 Å². The fraction of sp³-hybridized carbons (Fsp3) is 0.350. The van der Waals surface area contributed by atoms with Crippen molar-refractivity contribution in [2.24, 2.45) is 11.7 Å². The van der Waals surface area contributed by atoms with E-state index in [4.69, 9.17) is 15.2 Å². The molecule has 0 aliphatic carbocycles. The van der Waals surface area contributed by atoms with E-state index in [1.54, 1.807) is 6.07 Å². The monoisotopic (exact) mass is 387 g/mol. The summed E-state index contributed by atoms with van der Waals surface area (Å²) in [5, 5.41) is 0. The second-order valence-electron chi connectivity index (χ2n) is 6.27. The number of halogens is 2. The van der Waals surface area contributed by atoms with Crippen molar-refractivity contribution in [3.05, 3.63) is 41.5 Å². The highest BCUT2D eigenvalue weighted by molar-refractivity contribution is 6.00. The molecule has 146 valence electrons. The van der Waals surface area contributed by atoms with Crippen molar-refractivity contribution in [1.29, 1.82) is 0 Å². The summed E-state index contributed by atoms with van der Waals surface area (Å²) in [6.45, 7) is 1.30. The molecule has 0 saturated carbocycles. The lowest BCUT2D eigenvalue weighted by molar-refractivity contribution is 0.0740. The minimum Gasteiger partial charge on any atom is -0.494 e. The van der Waals surface area contributed by atoms with Crippen molar-refractivity contribution in [3.8, 4) is 28.7 Å². The molecule has 0 bridgehead atoms. The van der Waals surface area contributed by atoms with Crippen LogP contribution in [0.2, 0.25) is 0 Å². The van der Waals surface area contributed by atoms with Gasteiger partial charge in [0.25, 0.3) is 12.3 Å². The number of pyridine rings is 2. The van der Waals surface area contributed by atoms with E-state index in [0.29, 0.717) is 17.9 Å². The molecule has 1 aliphatic heterocycles. The van der Waals surface area contributed by atoms with Crippen LogP contribution in [0.1, 0.15) is 41.0 Å². The molecule has 1 aliphatic rings. The first-order chi connectivity index (χ1) is 13.5. The Labute approximate surface area is 161 Å². The van der Waals surface area contributed by atoms with Crippen molar-refractivity contribution >= 4 is 5.91 Å². The molecule has 1 atom stereocenters. The molecule has 1 unspecified atom stereocenters. The molecule has 2 N–H and O–H groups in total. The molecular weight excluding hydrogens is 368 g/mol. The SMILES string of the molecule is COc1cnc(C(F)F)cc1-c1cc(C#CC2CCCOC2)ncc1C(N)=O. The zero-order chi connectivity index (χ0) is 20.1. The lowest BCUT2D eigenvalue weighted by Gasteiger charge is -2.16. The summed E-state index contributed by atoms with van der Waals surface area (Å²) in [4.78, 5) is 19.7. The van der Waals surface area contributed by atoms with Crippen LogP contribution in [0.5, 0.6) is 5.75 Å². The van der Waals surface area contributed by atoms with Gasteiger partial charge in [-0.15, -0.1) is 0 Å². The number of alkyl halides is 2. The number of carbonyl (C=O) groups excluding carboxylic acids is 1. The molecule has 2 aromatic heterocycles. The summed E-state index contributed by atoms with van der Waals surface area (Å²) in [6, 6.07) is 2.72. The van der Waals surface area contributed by atoms with Gasteiger partial charge in [0.05, 0.1) is 25.5 Å². The Hall–Kier alpha value is -3.05. The van der Waals surface area contributed by atoms with E-state index in [1.165, 1.54) is 25.6 Å². The van der Waals surface area contributed by atoms with Gasteiger partial charge >= 0.3 is 0 Å². The van der Waals surface area contributed by atoms with Gasteiger partial charge in [-0.2, -0.15) is 0 Å². The van der Waals surface area contributed by atoms with E-state index in [1.807, 2.05) is 0 Å². The van der Waals surface area contributed by atoms with E-state index in [2.05, 4.69) is 21.8 Å². The number of ether oxygens (including phenoxy) is 2. The third kappa shape index (κ3) is 4.43. The molecule has 28 heavy (non-hydrogen) atoms. The molecule has 3 rings (SSSR count). The topological polar surface area (TPSA) is 87.3 Å². The first-order valence-electron chi connectivity index (χ1n) is 8.71. The van der Waals surface area contributed by atoms with Crippen molar-refractivity contribution < 1.29 is 23.0 Å². The quantitative estimate of drug-likeness (QED) is 0.815. The number of hydrogen-bond acceptors (Lipinski definition) is 5. The first-order valence-corrected chi connectivity index (χ1v) is 8.71. The minimum atomic E-state index is -2.77. The number of aromatic nitrogens is 2. The van der Waals surface area contributed by atoms with Crippen LogP contribution in [0.4, 0.5) is 8.78 Å². The van der Waals surface area contributed by atoms with E-state index in [-0.39, 0.29) is 22.8 Å². The summed E-state index contributed by atoms with van der Waals surface area (Å²) in [7, 11) is 1.39. The van der Waals surface area contributed by atoms with Crippen molar-refractivity contribution in [3.63, 3.8) is 0 Å². The lowest BCUT2D eigenvalue weighted by atomic mass is 9.99. The average molecular weight is 387 g/mol. The van der Waals surface area contributed by atoms with Crippen LogP contribution in [-0.2, 0) is 4.74 Å². The van der Waals surface area contributed by atoms with Gasteiger partial charge in [-0.1, -0.05) is 5.92 Å². The van der Waals surface area contributed by atoms with Gasteiger partial charge < -0.3 is 15.2 Å². The van der Waals surface area contributed by atoms with Crippen LogP contribution < -0.4 is 10.5 Å². The number of rotatable bonds is 4. The molecule has 0 aromatic carbocycles. The Kier molecular flexibility index (Phi) is 6.16. The second-order valence-corrected chi connectivity index (χ2v) is 6.27. The van der Waals surface area contributed by atoms with Crippen LogP contribution in [-0.4, -0.2) is 36.2 Å². The van der Waals surface area contributed by atoms with Gasteiger partial charge in [0.2, 0.25) is 0 Å². The Bertz CT molecular complexity index is 932. The molecule has 0 spiro atoms. The maximum absolute atomic E-state index is 13.1. The van der Waals surface area contributed by atoms with Gasteiger partial charge in [0.1, 0.15) is 17.1 Å². The maximum Gasteiger partial charge on any atom is 0.280 e. The fourth-order valence-corrected chi connectivity index (χ4v) is 2.92. The Morgan fingerprint density at radius 2 is 2.14 bits per heavy atom. The lowest BCUT2D eigenvalue weighted by Crippen LogP contribution is -2.15. The smallest absolute Gasteiger partial charge is 0.280 e. The van der Waals surface area contributed by atoms with E-state index < -0.39 is 18.0 Å². The molecule has 1 fully saturated rings. The number of methoxy groups -OCH3 is 1. The number of primary amides is 1. The van der Waals surface area contributed by atoms with Gasteiger partial charge in [-0.25, -0.2) is 13.8 Å². The van der Waals surface area contributed by atoms with Gasteiger partial charge in [-0.3, -0.25) is 9.78 Å². The molecule has 1 amide bonds. The molecule has 2 aromatic rings. The third-order valence-electron chi connectivity index (χ3n) is 4.36. The zero-order valence-electron chi connectivity index (χ0n) is 15.2. The molecule has 8 heteroatoms. The highest BCUT2D eigenvalue weighted by Crippen LogP contribution is 2.34. The molecular formula is C20H19F2N3O3. The molecule has 1 saturated heterocycles. The van der Waals surface area contributed by atoms with Crippen molar-refractivity contribution in [2.45, 2.75) is 19.3 Å². The summed E-state index contributed by atoms with van der Waals surface area (Å²) in [5.74, 6) is 5.68. The Balaban J connectivity index is 2.07. The molecule has 0 radical (unpaired) electrons. The van der Waals surface area contributed by atoms with Crippen LogP contribution in [0, 0.1) is 17.8 Å². The minimum absolute atomic E-state index is 0.0799. The number of nitrogens with two attached hydrogens (primary N) is 1. The molecule has 3 heterocycles. The summed E-state index contributed by atoms with van der Waals surface area (Å²) < 4.78 is 36.9. The number of carbonyl (C=O) groups is 1. The normalized spacial score (nSPS) is 16.4. The number of nitrogens with zero attached hydrogens (tertiary/aromatic N) is 2. The zero-order valence-corrected chi connectivity index (χ0v) is 15.2. The number of amides is 1. The summed E-state index contributed by atoms with van der Waals surface area (Å²) >= 11 is 0. The third-order valence-corrected chi connectivity index (χ3v) is 4.36. The largest absolute Gasteiger partial charge is 0.494 e. The van der Waals surface area contributed by atoms with Gasteiger partial charge in [-0.05, 0) is 30.9 Å². The maximum atomic E-state index is 13.1. The average Bonchev–Trinajstić information content (AvgIpc) is 2.72. The Morgan fingerprint density at radius 1 is 1.32 bits per heavy atom. The van der Waals surface area contributed by atoms with Crippen LogP contribution in [0.25, 0.3) is 11.1 Å². The number of hydrogen-bond donors (Lipinski definition) is 1. The summed E-state index contributed by atoms with van der Waals surface area (Å²) in [5.41, 5.74) is 6.07.